The number of fused-ring (bicyclic) bond motifs is 1. The van der Waals surface area contributed by atoms with E-state index < -0.39 is 0 Å². The summed E-state index contributed by atoms with van der Waals surface area (Å²) in [6, 6.07) is 5.81. The van der Waals surface area contributed by atoms with Gasteiger partial charge in [0.2, 0.25) is 0 Å². The minimum Gasteiger partial charge on any atom is -0.363 e. The molecule has 3 aromatic heterocycles. The minimum absolute atomic E-state index is 0.470. The predicted molar refractivity (Wildman–Crippen MR) is 128 cm³/mol. The Morgan fingerprint density at radius 3 is 2.97 bits per heavy atom. The van der Waals surface area contributed by atoms with E-state index >= 15 is 0 Å². The second kappa shape index (κ2) is 9.20. The van der Waals surface area contributed by atoms with Crippen LogP contribution in [0.4, 0.5) is 5.82 Å². The van der Waals surface area contributed by atoms with Crippen molar-refractivity contribution >= 4 is 45.7 Å². The molecule has 0 saturated heterocycles. The number of benzene rings is 1. The van der Waals surface area contributed by atoms with Crippen LogP contribution in [0.3, 0.4) is 0 Å². The van der Waals surface area contributed by atoms with Crippen molar-refractivity contribution in [1.29, 1.82) is 0 Å². The number of anilines is 1. The lowest BCUT2D eigenvalue weighted by Gasteiger charge is -2.12. The van der Waals surface area contributed by atoms with Crippen molar-refractivity contribution in [2.45, 2.75) is 13.8 Å². The second-order valence-corrected chi connectivity index (χ2v) is 7.98. The number of thiazole rings is 1. The number of hydrogen-bond acceptors (Lipinski definition) is 7. The van der Waals surface area contributed by atoms with E-state index in [1.807, 2.05) is 56.5 Å². The Kier molecular flexibility index (Phi) is 6.20. The molecule has 0 unspecified atom stereocenters. The first-order valence-corrected chi connectivity index (χ1v) is 10.8. The molecule has 0 aliphatic rings. The molecule has 9 heteroatoms. The van der Waals surface area contributed by atoms with Crippen LogP contribution < -0.4 is 5.32 Å². The number of nitrogens with one attached hydrogen (secondary N) is 1. The zero-order valence-electron chi connectivity index (χ0n) is 17.1. The molecule has 1 aromatic carbocycles. The molecule has 0 atom stereocenters. The summed E-state index contributed by atoms with van der Waals surface area (Å²) in [7, 11) is 0. The van der Waals surface area contributed by atoms with E-state index in [9.17, 15) is 0 Å². The maximum atomic E-state index is 6.46. The van der Waals surface area contributed by atoms with Crippen LogP contribution in [0.25, 0.3) is 27.3 Å². The highest BCUT2D eigenvalue weighted by molar-refractivity contribution is 7.16. The number of rotatable bonds is 7. The molecule has 0 saturated carbocycles. The van der Waals surface area contributed by atoms with Gasteiger partial charge in [-0.1, -0.05) is 23.8 Å². The lowest BCUT2D eigenvalue weighted by molar-refractivity contribution is 0.827. The summed E-state index contributed by atoms with van der Waals surface area (Å²) in [4.78, 5) is 17.8. The quantitative estimate of drug-likeness (QED) is 0.298. The summed E-state index contributed by atoms with van der Waals surface area (Å²) in [6.45, 7) is 7.97. The average Bonchev–Trinajstić information content (AvgIpc) is 3.43. The monoisotopic (exact) mass is 449 g/mol. The summed E-state index contributed by atoms with van der Waals surface area (Å²) in [5.74, 6) is 1.20. The van der Waals surface area contributed by atoms with Gasteiger partial charge in [0.05, 0.1) is 44.9 Å². The third-order valence-electron chi connectivity index (χ3n) is 4.49. The van der Waals surface area contributed by atoms with Crippen LogP contribution in [0.5, 0.6) is 0 Å². The Morgan fingerprint density at radius 2 is 2.23 bits per heavy atom. The Labute approximate surface area is 188 Å². The molecule has 0 spiro atoms. The van der Waals surface area contributed by atoms with Crippen molar-refractivity contribution in [2.24, 2.45) is 4.99 Å². The topological polar surface area (TPSA) is 80.9 Å². The maximum Gasteiger partial charge on any atom is 0.182 e. The minimum atomic E-state index is 0.470. The van der Waals surface area contributed by atoms with Gasteiger partial charge in [-0.2, -0.15) is 5.10 Å². The Bertz CT molecular complexity index is 1300. The predicted octanol–water partition coefficient (Wildman–Crippen LogP) is 5.47. The fraction of sp³-hybridized carbons (Fsp3) is 0.136. The maximum absolute atomic E-state index is 6.46. The lowest BCUT2D eigenvalue weighted by atomic mass is 10.1. The largest absolute Gasteiger partial charge is 0.363 e. The van der Waals surface area contributed by atoms with Crippen molar-refractivity contribution in [3.05, 3.63) is 70.7 Å². The molecule has 1 N–H and O–H groups in total. The van der Waals surface area contributed by atoms with E-state index in [-0.39, 0.29) is 0 Å². The molecule has 4 rings (SSSR count). The number of aryl methyl sites for hydroxylation is 1. The third-order valence-corrected chi connectivity index (χ3v) is 5.56. The third kappa shape index (κ3) is 4.55. The summed E-state index contributed by atoms with van der Waals surface area (Å²) < 4.78 is 2.71. The molecule has 0 amide bonds. The van der Waals surface area contributed by atoms with E-state index in [1.54, 1.807) is 16.4 Å². The highest BCUT2D eigenvalue weighted by Gasteiger charge is 2.16. The van der Waals surface area contributed by atoms with Crippen LogP contribution in [0, 0.1) is 6.92 Å². The first-order valence-electron chi connectivity index (χ1n) is 9.54. The van der Waals surface area contributed by atoms with Crippen LogP contribution in [0.15, 0.2) is 65.0 Å². The van der Waals surface area contributed by atoms with Gasteiger partial charge in [0.15, 0.2) is 5.82 Å². The van der Waals surface area contributed by atoms with Gasteiger partial charge in [0.25, 0.3) is 0 Å². The lowest BCUT2D eigenvalue weighted by Crippen LogP contribution is -2.10. The normalized spacial score (nSPS) is 12.0. The van der Waals surface area contributed by atoms with Gasteiger partial charge in [-0.15, -0.1) is 11.3 Å². The summed E-state index contributed by atoms with van der Waals surface area (Å²) >= 11 is 8.00. The standard InChI is InChI=1S/C22H20ClN7S/c1-4-5-6-16(24-3)11-25-19-12-26-20(22(28-19)30-8-7-14(2)29-30)15-9-17(23)21-18(10-15)31-13-27-21/h4-10,12-13H,3,11H2,1-2H3,(H,25,28)/b5-4-,16-6-. The summed E-state index contributed by atoms with van der Waals surface area (Å²) in [5, 5.41) is 8.36. The van der Waals surface area contributed by atoms with E-state index in [4.69, 9.17) is 21.6 Å². The molecule has 0 aliphatic carbocycles. The first kappa shape index (κ1) is 20.9. The van der Waals surface area contributed by atoms with Gasteiger partial charge in [0, 0.05) is 11.8 Å². The van der Waals surface area contributed by atoms with E-state index in [1.165, 1.54) is 11.3 Å². The highest BCUT2D eigenvalue weighted by Crippen LogP contribution is 2.33. The average molecular weight is 450 g/mol. The molecule has 156 valence electrons. The number of aromatic nitrogens is 5. The SMILES string of the molecule is C=N/C(=C\C=C/C)CNc1cnc(-c2cc(Cl)c3ncsc3c2)c(-n2ccc(C)n2)n1. The van der Waals surface area contributed by atoms with Crippen molar-refractivity contribution in [3.63, 3.8) is 0 Å². The molecule has 4 aromatic rings. The second-order valence-electron chi connectivity index (χ2n) is 6.68. The summed E-state index contributed by atoms with van der Waals surface area (Å²) in [6.07, 6.45) is 9.30. The van der Waals surface area contributed by atoms with Crippen LogP contribution in [0.2, 0.25) is 5.02 Å². The van der Waals surface area contributed by atoms with E-state index in [2.05, 4.69) is 27.1 Å². The van der Waals surface area contributed by atoms with E-state index in [0.29, 0.717) is 28.9 Å². The number of nitrogens with zero attached hydrogens (tertiary/aromatic N) is 6. The Morgan fingerprint density at radius 1 is 1.35 bits per heavy atom. The van der Waals surface area contributed by atoms with Gasteiger partial charge in [0.1, 0.15) is 11.5 Å². The fourth-order valence-electron chi connectivity index (χ4n) is 2.98. The number of aliphatic imine (C=N–C) groups is 1. The first-order chi connectivity index (χ1) is 15.1. The van der Waals surface area contributed by atoms with Crippen LogP contribution in [-0.4, -0.2) is 38.0 Å². The fourth-order valence-corrected chi connectivity index (χ4v) is 4.04. The van der Waals surface area contributed by atoms with Gasteiger partial charge in [-0.05, 0) is 44.8 Å². The van der Waals surface area contributed by atoms with Crippen molar-refractivity contribution in [2.75, 3.05) is 11.9 Å². The van der Waals surface area contributed by atoms with Crippen molar-refractivity contribution in [1.82, 2.24) is 24.7 Å². The molecule has 3 heterocycles. The van der Waals surface area contributed by atoms with Gasteiger partial charge < -0.3 is 5.32 Å². The van der Waals surface area contributed by atoms with Gasteiger partial charge >= 0.3 is 0 Å². The zero-order chi connectivity index (χ0) is 21.8. The molecular formula is C22H20ClN7S. The molecule has 0 bridgehead atoms. The molecule has 31 heavy (non-hydrogen) atoms. The van der Waals surface area contributed by atoms with Crippen LogP contribution in [-0.2, 0) is 0 Å². The summed E-state index contributed by atoms with van der Waals surface area (Å²) in [5.41, 5.74) is 5.78. The molecular weight excluding hydrogens is 430 g/mol. The van der Waals surface area contributed by atoms with Crippen LogP contribution >= 0.6 is 22.9 Å². The highest BCUT2D eigenvalue weighted by atomic mass is 35.5. The van der Waals surface area contributed by atoms with Crippen LogP contribution in [0.1, 0.15) is 12.6 Å². The zero-order valence-corrected chi connectivity index (χ0v) is 18.7. The Balaban J connectivity index is 1.75. The Hall–Kier alpha value is -3.36. The molecule has 0 fully saturated rings. The number of allylic oxidation sites excluding steroid dienone is 3. The number of halogens is 1. The smallest absolute Gasteiger partial charge is 0.182 e. The number of hydrogen-bond donors (Lipinski definition) is 1. The molecule has 7 nitrogen and oxygen atoms in total. The molecule has 0 radical (unpaired) electrons. The van der Waals surface area contributed by atoms with Gasteiger partial charge in [-0.3, -0.25) is 4.99 Å². The van der Waals surface area contributed by atoms with Crippen molar-refractivity contribution < 1.29 is 0 Å². The van der Waals surface area contributed by atoms with E-state index in [0.717, 1.165) is 27.2 Å². The molecule has 0 aliphatic heterocycles. The van der Waals surface area contributed by atoms with Crippen molar-refractivity contribution in [3.8, 4) is 17.1 Å². The van der Waals surface area contributed by atoms with Gasteiger partial charge in [-0.25, -0.2) is 19.6 Å².